The van der Waals surface area contributed by atoms with Crippen LogP contribution in [0, 0.1) is 5.92 Å². The van der Waals surface area contributed by atoms with Crippen molar-refractivity contribution < 1.29 is 4.74 Å². The molecule has 0 radical (unpaired) electrons. The Hall–Kier alpha value is -1.02. The largest absolute Gasteiger partial charge is 0.493 e. The lowest BCUT2D eigenvalue weighted by molar-refractivity contribution is 0.356. The fraction of sp³-hybridized carbons (Fsp3) is 0.625. The molecule has 2 unspecified atom stereocenters. The molecular weight excluding hydrogens is 222 g/mol. The van der Waals surface area contributed by atoms with Crippen LogP contribution in [0.4, 0.5) is 0 Å². The van der Waals surface area contributed by atoms with Gasteiger partial charge in [0.05, 0.1) is 6.61 Å². The lowest BCUT2D eigenvalue weighted by Gasteiger charge is -2.25. The third kappa shape index (κ3) is 2.86. The van der Waals surface area contributed by atoms with Crippen molar-refractivity contribution in [3.05, 3.63) is 29.3 Å². The topological polar surface area (TPSA) is 21.3 Å². The summed E-state index contributed by atoms with van der Waals surface area (Å²) in [6, 6.07) is 7.17. The van der Waals surface area contributed by atoms with Gasteiger partial charge in [-0.15, -0.1) is 0 Å². The highest BCUT2D eigenvalue weighted by molar-refractivity contribution is 5.40. The molecule has 1 aromatic rings. The Balaban J connectivity index is 2.19. The lowest BCUT2D eigenvalue weighted by atomic mass is 9.90. The molecule has 0 amide bonds. The lowest BCUT2D eigenvalue weighted by Crippen LogP contribution is -2.26. The van der Waals surface area contributed by atoms with Gasteiger partial charge in [0, 0.05) is 12.5 Å². The van der Waals surface area contributed by atoms with Gasteiger partial charge in [-0.1, -0.05) is 39.3 Å². The molecule has 1 N–H and O–H groups in total. The smallest absolute Gasteiger partial charge is 0.122 e. The third-order valence-electron chi connectivity index (χ3n) is 3.81. The summed E-state index contributed by atoms with van der Waals surface area (Å²) in [5, 5.41) is 3.63. The molecule has 0 saturated carbocycles. The number of fused-ring (bicyclic) bond motifs is 1. The van der Waals surface area contributed by atoms with Gasteiger partial charge in [0.1, 0.15) is 5.75 Å². The molecule has 0 saturated heterocycles. The van der Waals surface area contributed by atoms with E-state index in [9.17, 15) is 0 Å². The molecule has 1 heterocycles. The summed E-state index contributed by atoms with van der Waals surface area (Å²) in [6.07, 6.45) is 3.58. The second-order valence-electron chi connectivity index (χ2n) is 5.27. The normalized spacial score (nSPS) is 17.1. The molecule has 0 aromatic heterocycles. The van der Waals surface area contributed by atoms with Gasteiger partial charge < -0.3 is 10.1 Å². The van der Waals surface area contributed by atoms with Crippen LogP contribution in [0.5, 0.6) is 5.75 Å². The van der Waals surface area contributed by atoms with Crippen molar-refractivity contribution in [3.8, 4) is 5.75 Å². The van der Waals surface area contributed by atoms with Crippen LogP contribution in [0.25, 0.3) is 0 Å². The highest BCUT2D eigenvalue weighted by Crippen LogP contribution is 2.31. The Labute approximate surface area is 111 Å². The Morgan fingerprint density at radius 3 is 2.89 bits per heavy atom. The van der Waals surface area contributed by atoms with Gasteiger partial charge in [-0.25, -0.2) is 0 Å². The molecule has 0 spiro atoms. The maximum atomic E-state index is 5.58. The quantitative estimate of drug-likeness (QED) is 0.827. The van der Waals surface area contributed by atoms with Crippen LogP contribution in [0.3, 0.4) is 0 Å². The average Bonchev–Trinajstić information content (AvgIpc) is 2.83. The van der Waals surface area contributed by atoms with Gasteiger partial charge in [-0.3, -0.25) is 0 Å². The van der Waals surface area contributed by atoms with Crippen molar-refractivity contribution in [3.63, 3.8) is 0 Å². The first-order valence-electron chi connectivity index (χ1n) is 7.25. The first kappa shape index (κ1) is 13.4. The Bertz CT molecular complexity index is 389. The van der Waals surface area contributed by atoms with Crippen molar-refractivity contribution >= 4 is 0 Å². The van der Waals surface area contributed by atoms with Gasteiger partial charge in [0.25, 0.3) is 0 Å². The van der Waals surface area contributed by atoms with Crippen LogP contribution < -0.4 is 10.1 Å². The van der Waals surface area contributed by atoms with Crippen LogP contribution in [-0.2, 0) is 6.42 Å². The van der Waals surface area contributed by atoms with Crippen LogP contribution in [0.2, 0.25) is 0 Å². The minimum Gasteiger partial charge on any atom is -0.493 e. The van der Waals surface area contributed by atoms with E-state index in [-0.39, 0.29) is 0 Å². The third-order valence-corrected chi connectivity index (χ3v) is 3.81. The summed E-state index contributed by atoms with van der Waals surface area (Å²) < 4.78 is 5.58. The zero-order chi connectivity index (χ0) is 13.0. The Kier molecular flexibility index (Phi) is 4.65. The van der Waals surface area contributed by atoms with Crippen molar-refractivity contribution in [1.82, 2.24) is 5.32 Å². The van der Waals surface area contributed by atoms with Crippen molar-refractivity contribution in [1.29, 1.82) is 0 Å². The highest BCUT2D eigenvalue weighted by Gasteiger charge is 2.20. The van der Waals surface area contributed by atoms with Crippen molar-refractivity contribution in [2.45, 2.75) is 46.1 Å². The van der Waals surface area contributed by atoms with E-state index in [1.165, 1.54) is 24.0 Å². The monoisotopic (exact) mass is 247 g/mol. The second kappa shape index (κ2) is 6.24. The predicted molar refractivity (Wildman–Crippen MR) is 76.1 cm³/mol. The fourth-order valence-corrected chi connectivity index (χ4v) is 2.89. The number of hydrogen-bond donors (Lipinski definition) is 1. The molecule has 2 nitrogen and oxygen atoms in total. The van der Waals surface area contributed by atoms with E-state index in [1.807, 2.05) is 0 Å². The van der Waals surface area contributed by atoms with Crippen LogP contribution in [0.15, 0.2) is 18.2 Å². The van der Waals surface area contributed by atoms with Gasteiger partial charge in [-0.2, -0.15) is 0 Å². The van der Waals surface area contributed by atoms with Gasteiger partial charge in [-0.05, 0) is 36.1 Å². The van der Waals surface area contributed by atoms with Crippen LogP contribution in [0.1, 0.15) is 50.8 Å². The van der Waals surface area contributed by atoms with E-state index in [0.717, 1.165) is 25.3 Å². The molecule has 0 aliphatic carbocycles. The summed E-state index contributed by atoms with van der Waals surface area (Å²) >= 11 is 0. The van der Waals surface area contributed by atoms with Gasteiger partial charge in [0.2, 0.25) is 0 Å². The minimum absolute atomic E-state index is 0.473. The van der Waals surface area contributed by atoms with E-state index in [1.54, 1.807) is 0 Å². The van der Waals surface area contributed by atoms with E-state index in [2.05, 4.69) is 44.3 Å². The highest BCUT2D eigenvalue weighted by atomic mass is 16.5. The first-order valence-corrected chi connectivity index (χ1v) is 7.25. The van der Waals surface area contributed by atoms with Crippen molar-refractivity contribution in [2.24, 2.45) is 5.92 Å². The Morgan fingerprint density at radius 1 is 1.33 bits per heavy atom. The van der Waals surface area contributed by atoms with Gasteiger partial charge >= 0.3 is 0 Å². The average molecular weight is 247 g/mol. The van der Waals surface area contributed by atoms with E-state index < -0.39 is 0 Å². The van der Waals surface area contributed by atoms with Crippen LogP contribution >= 0.6 is 0 Å². The molecule has 1 aliphatic rings. The number of benzene rings is 1. The number of ether oxygens (including phenoxy) is 1. The molecule has 100 valence electrons. The summed E-state index contributed by atoms with van der Waals surface area (Å²) in [5.74, 6) is 1.76. The zero-order valence-electron chi connectivity index (χ0n) is 11.8. The van der Waals surface area contributed by atoms with Crippen LogP contribution in [-0.4, -0.2) is 13.2 Å². The number of rotatable bonds is 6. The summed E-state index contributed by atoms with van der Waals surface area (Å²) in [7, 11) is 0. The second-order valence-corrected chi connectivity index (χ2v) is 5.27. The molecule has 1 aliphatic heterocycles. The molecule has 1 aromatic carbocycles. The first-order chi connectivity index (χ1) is 8.76. The SMILES string of the molecule is CCCC(C)C(NCC)c1ccc2c(c1)CCO2. The predicted octanol–water partition coefficient (Wildman–Crippen LogP) is 3.71. The molecular formula is C16H25NO. The summed E-state index contributed by atoms with van der Waals surface area (Å²) in [5.41, 5.74) is 2.79. The summed E-state index contributed by atoms with van der Waals surface area (Å²) in [4.78, 5) is 0. The van der Waals surface area contributed by atoms with E-state index >= 15 is 0 Å². The Morgan fingerprint density at radius 2 is 2.17 bits per heavy atom. The molecule has 2 rings (SSSR count). The molecule has 0 bridgehead atoms. The molecule has 0 fully saturated rings. The van der Waals surface area contributed by atoms with E-state index in [4.69, 9.17) is 4.74 Å². The van der Waals surface area contributed by atoms with E-state index in [0.29, 0.717) is 12.0 Å². The standard InChI is InChI=1S/C16H25NO/c1-4-6-12(3)16(17-5-2)14-7-8-15-13(11-14)9-10-18-15/h7-8,11-12,16-17H,4-6,9-10H2,1-3H3. The maximum absolute atomic E-state index is 5.58. The molecule has 18 heavy (non-hydrogen) atoms. The summed E-state index contributed by atoms with van der Waals surface area (Å²) in [6.45, 7) is 8.65. The minimum atomic E-state index is 0.473. The zero-order valence-corrected chi connectivity index (χ0v) is 11.8. The van der Waals surface area contributed by atoms with Gasteiger partial charge in [0.15, 0.2) is 0 Å². The number of nitrogens with one attached hydrogen (secondary N) is 1. The van der Waals surface area contributed by atoms with Crippen molar-refractivity contribution in [2.75, 3.05) is 13.2 Å². The molecule has 2 atom stereocenters. The number of hydrogen-bond acceptors (Lipinski definition) is 2. The maximum Gasteiger partial charge on any atom is 0.122 e. The fourth-order valence-electron chi connectivity index (χ4n) is 2.89. The molecule has 2 heteroatoms.